The van der Waals surface area contributed by atoms with Crippen molar-refractivity contribution in [1.82, 2.24) is 10.2 Å². The second-order valence-electron chi connectivity index (χ2n) is 6.47. The molecule has 1 N–H and O–H groups in total. The molecule has 0 bridgehead atoms. The van der Waals surface area contributed by atoms with Crippen LogP contribution in [-0.2, 0) is 11.0 Å². The third-order valence-electron chi connectivity index (χ3n) is 3.26. The van der Waals surface area contributed by atoms with Gasteiger partial charge >= 0.3 is 6.18 Å². The van der Waals surface area contributed by atoms with E-state index in [1.807, 2.05) is 19.0 Å². The van der Waals surface area contributed by atoms with Gasteiger partial charge in [0.1, 0.15) is 5.75 Å². The SMILES string of the molecule is CC(C)CC(CN(C)C)NC(=O)COc1ccc(C(F)(F)F)cc1. The van der Waals surface area contributed by atoms with Crippen LogP contribution in [0.4, 0.5) is 13.2 Å². The van der Waals surface area contributed by atoms with Crippen molar-refractivity contribution >= 4 is 5.91 Å². The van der Waals surface area contributed by atoms with E-state index >= 15 is 0 Å². The summed E-state index contributed by atoms with van der Waals surface area (Å²) in [6.45, 7) is 4.64. The summed E-state index contributed by atoms with van der Waals surface area (Å²) in [7, 11) is 3.86. The van der Waals surface area contributed by atoms with Crippen LogP contribution in [0, 0.1) is 5.92 Å². The summed E-state index contributed by atoms with van der Waals surface area (Å²) >= 11 is 0. The maximum Gasteiger partial charge on any atom is 0.416 e. The van der Waals surface area contributed by atoms with Crippen molar-refractivity contribution in [1.29, 1.82) is 0 Å². The zero-order valence-electron chi connectivity index (χ0n) is 14.5. The number of nitrogens with zero attached hydrogens (tertiary/aromatic N) is 1. The number of carbonyl (C=O) groups excluding carboxylic acids is 1. The van der Waals surface area contributed by atoms with Gasteiger partial charge in [-0.05, 0) is 50.7 Å². The fraction of sp³-hybridized carbons (Fsp3) is 0.588. The monoisotopic (exact) mass is 346 g/mol. The molecule has 24 heavy (non-hydrogen) atoms. The highest BCUT2D eigenvalue weighted by Crippen LogP contribution is 2.30. The van der Waals surface area contributed by atoms with E-state index in [4.69, 9.17) is 4.74 Å². The van der Waals surface area contributed by atoms with Crippen LogP contribution in [0.1, 0.15) is 25.8 Å². The average Bonchev–Trinajstić information content (AvgIpc) is 2.43. The van der Waals surface area contributed by atoms with Gasteiger partial charge in [-0.3, -0.25) is 4.79 Å². The second kappa shape index (κ2) is 8.92. The van der Waals surface area contributed by atoms with Gasteiger partial charge in [-0.1, -0.05) is 13.8 Å². The van der Waals surface area contributed by atoms with Crippen LogP contribution in [-0.4, -0.2) is 44.1 Å². The van der Waals surface area contributed by atoms with Gasteiger partial charge < -0.3 is 15.0 Å². The van der Waals surface area contributed by atoms with E-state index in [1.54, 1.807) is 0 Å². The molecule has 1 aromatic carbocycles. The van der Waals surface area contributed by atoms with Crippen LogP contribution < -0.4 is 10.1 Å². The fourth-order valence-electron chi connectivity index (χ4n) is 2.35. The molecule has 0 radical (unpaired) electrons. The lowest BCUT2D eigenvalue weighted by molar-refractivity contribution is -0.137. The maximum atomic E-state index is 12.5. The number of hydrogen-bond acceptors (Lipinski definition) is 3. The summed E-state index contributed by atoms with van der Waals surface area (Å²) in [5, 5.41) is 2.90. The lowest BCUT2D eigenvalue weighted by Crippen LogP contribution is -2.44. The van der Waals surface area contributed by atoms with Crippen molar-refractivity contribution in [3.05, 3.63) is 29.8 Å². The third-order valence-corrected chi connectivity index (χ3v) is 3.26. The smallest absolute Gasteiger partial charge is 0.416 e. The molecule has 4 nitrogen and oxygen atoms in total. The largest absolute Gasteiger partial charge is 0.484 e. The normalized spacial score (nSPS) is 13.2. The molecule has 0 aromatic heterocycles. The first kappa shape index (κ1) is 20.3. The predicted molar refractivity (Wildman–Crippen MR) is 86.9 cm³/mol. The minimum atomic E-state index is -4.38. The zero-order valence-corrected chi connectivity index (χ0v) is 14.5. The van der Waals surface area contributed by atoms with E-state index in [-0.39, 0.29) is 24.3 Å². The lowest BCUT2D eigenvalue weighted by Gasteiger charge is -2.24. The average molecular weight is 346 g/mol. The summed E-state index contributed by atoms with van der Waals surface area (Å²) in [6.07, 6.45) is -3.55. The van der Waals surface area contributed by atoms with E-state index < -0.39 is 11.7 Å². The summed E-state index contributed by atoms with van der Waals surface area (Å²) in [5.74, 6) is 0.375. The molecule has 0 saturated carbocycles. The van der Waals surface area contributed by atoms with Crippen LogP contribution in [0.25, 0.3) is 0 Å². The molecular formula is C17H25F3N2O2. The lowest BCUT2D eigenvalue weighted by atomic mass is 10.0. The van der Waals surface area contributed by atoms with Gasteiger partial charge in [0.15, 0.2) is 6.61 Å². The van der Waals surface area contributed by atoms with Crippen LogP contribution in [0.2, 0.25) is 0 Å². The molecule has 136 valence electrons. The van der Waals surface area contributed by atoms with E-state index in [9.17, 15) is 18.0 Å². The van der Waals surface area contributed by atoms with Crippen molar-refractivity contribution in [3.8, 4) is 5.75 Å². The van der Waals surface area contributed by atoms with Crippen LogP contribution in [0.15, 0.2) is 24.3 Å². The van der Waals surface area contributed by atoms with Crippen molar-refractivity contribution in [2.75, 3.05) is 27.2 Å². The summed E-state index contributed by atoms with van der Waals surface area (Å²) in [5.41, 5.74) is -0.748. The number of alkyl halides is 3. The summed E-state index contributed by atoms with van der Waals surface area (Å²) < 4.78 is 42.7. The zero-order chi connectivity index (χ0) is 18.3. The Bertz CT molecular complexity index is 504. The molecule has 0 aliphatic carbocycles. The molecule has 7 heteroatoms. The van der Waals surface area contributed by atoms with Crippen molar-refractivity contribution in [3.63, 3.8) is 0 Å². The predicted octanol–water partition coefficient (Wildman–Crippen LogP) is 3.18. The van der Waals surface area contributed by atoms with Crippen molar-refractivity contribution in [2.45, 2.75) is 32.5 Å². The number of benzene rings is 1. The molecule has 0 aliphatic rings. The molecule has 1 atom stereocenters. The third kappa shape index (κ3) is 7.68. The number of carbonyl (C=O) groups is 1. The van der Waals surface area contributed by atoms with Gasteiger partial charge in [0.25, 0.3) is 5.91 Å². The van der Waals surface area contributed by atoms with Crippen molar-refractivity contribution < 1.29 is 22.7 Å². The van der Waals surface area contributed by atoms with Gasteiger partial charge in [0.2, 0.25) is 0 Å². The fourth-order valence-corrected chi connectivity index (χ4v) is 2.35. The number of amides is 1. The van der Waals surface area contributed by atoms with Gasteiger partial charge in [0, 0.05) is 12.6 Å². The number of halogens is 3. The Kier molecular flexibility index (Phi) is 7.54. The Labute approximate surface area is 141 Å². The van der Waals surface area contributed by atoms with E-state index in [2.05, 4.69) is 19.2 Å². The van der Waals surface area contributed by atoms with Crippen LogP contribution in [0.3, 0.4) is 0 Å². The van der Waals surface area contributed by atoms with E-state index in [1.165, 1.54) is 12.1 Å². The Morgan fingerprint density at radius 3 is 2.25 bits per heavy atom. The molecular weight excluding hydrogens is 321 g/mol. The number of rotatable bonds is 8. The van der Waals surface area contributed by atoms with E-state index in [0.29, 0.717) is 12.5 Å². The van der Waals surface area contributed by atoms with E-state index in [0.717, 1.165) is 18.6 Å². The van der Waals surface area contributed by atoms with Crippen LogP contribution >= 0.6 is 0 Å². The van der Waals surface area contributed by atoms with Gasteiger partial charge in [-0.15, -0.1) is 0 Å². The molecule has 1 unspecified atom stereocenters. The summed E-state index contributed by atoms with van der Waals surface area (Å²) in [6, 6.07) is 4.29. The molecule has 1 aromatic rings. The minimum absolute atomic E-state index is 0.00343. The quantitative estimate of drug-likeness (QED) is 0.786. The first-order chi connectivity index (χ1) is 11.1. The minimum Gasteiger partial charge on any atom is -0.484 e. The Morgan fingerprint density at radius 2 is 1.79 bits per heavy atom. The molecule has 0 heterocycles. The Hall–Kier alpha value is -1.76. The highest BCUT2D eigenvalue weighted by molar-refractivity contribution is 5.77. The van der Waals surface area contributed by atoms with Crippen LogP contribution in [0.5, 0.6) is 5.75 Å². The number of nitrogens with one attached hydrogen (secondary N) is 1. The van der Waals surface area contributed by atoms with Crippen molar-refractivity contribution in [2.24, 2.45) is 5.92 Å². The topological polar surface area (TPSA) is 41.6 Å². The van der Waals surface area contributed by atoms with Gasteiger partial charge in [0.05, 0.1) is 5.56 Å². The molecule has 1 rings (SSSR count). The molecule has 1 amide bonds. The first-order valence-corrected chi connectivity index (χ1v) is 7.82. The first-order valence-electron chi connectivity index (χ1n) is 7.82. The summed E-state index contributed by atoms with van der Waals surface area (Å²) in [4.78, 5) is 14.0. The highest BCUT2D eigenvalue weighted by Gasteiger charge is 2.30. The standard InChI is InChI=1S/C17H25F3N2O2/c1-12(2)9-14(10-22(3)4)21-16(23)11-24-15-7-5-13(6-8-15)17(18,19)20/h5-8,12,14H,9-11H2,1-4H3,(H,21,23). The van der Waals surface area contributed by atoms with Gasteiger partial charge in [-0.2, -0.15) is 13.2 Å². The number of likely N-dealkylation sites (N-methyl/N-ethyl adjacent to an activating group) is 1. The number of hydrogen-bond donors (Lipinski definition) is 1. The number of ether oxygens (including phenoxy) is 1. The Balaban J connectivity index is 2.52. The molecule has 0 aliphatic heterocycles. The highest BCUT2D eigenvalue weighted by atomic mass is 19.4. The molecule has 0 fully saturated rings. The molecule has 0 spiro atoms. The second-order valence-corrected chi connectivity index (χ2v) is 6.47. The Morgan fingerprint density at radius 1 is 1.21 bits per heavy atom. The van der Waals surface area contributed by atoms with Gasteiger partial charge in [-0.25, -0.2) is 0 Å². The maximum absolute atomic E-state index is 12.5. The molecule has 0 saturated heterocycles.